The number of aromatic nitrogens is 2. The number of ether oxygens (including phenoxy) is 2. The SMILES string of the molecule is CC1CCc2sc(-c3nnc(SCC(=O)Nc4ccc5c(c4)OCO5)o3)cc2C1. The second-order valence-corrected chi connectivity index (χ2v) is 9.25. The third kappa shape index (κ3) is 3.97. The van der Waals surface area contributed by atoms with Crippen LogP contribution in [0.4, 0.5) is 5.69 Å². The third-order valence-electron chi connectivity index (χ3n) is 4.93. The van der Waals surface area contributed by atoms with Crippen molar-refractivity contribution < 1.29 is 18.7 Å². The summed E-state index contributed by atoms with van der Waals surface area (Å²) in [5, 5.41) is 11.5. The molecule has 0 radical (unpaired) electrons. The number of anilines is 1. The van der Waals surface area contributed by atoms with Crippen LogP contribution in [-0.4, -0.2) is 28.7 Å². The van der Waals surface area contributed by atoms with E-state index in [1.54, 1.807) is 29.5 Å². The number of carbonyl (C=O) groups excluding carboxylic acids is 1. The standard InChI is InChI=1S/C20H19N3O4S2/c1-11-2-5-16-12(6-11)7-17(29-16)19-22-23-20(27-19)28-9-18(24)21-13-3-4-14-15(8-13)26-10-25-14/h3-4,7-8,11H,2,5-6,9-10H2,1H3,(H,21,24). The Morgan fingerprint density at radius 3 is 3.10 bits per heavy atom. The predicted octanol–water partition coefficient (Wildman–Crippen LogP) is 4.38. The normalized spacial score (nSPS) is 17.2. The molecule has 3 aromatic rings. The van der Waals surface area contributed by atoms with Crippen molar-refractivity contribution in [2.24, 2.45) is 5.92 Å². The summed E-state index contributed by atoms with van der Waals surface area (Å²) in [6, 6.07) is 7.47. The number of benzene rings is 1. The quantitative estimate of drug-likeness (QED) is 0.602. The molecule has 1 amide bonds. The Morgan fingerprint density at radius 2 is 2.17 bits per heavy atom. The minimum atomic E-state index is -0.158. The maximum atomic E-state index is 12.2. The van der Waals surface area contributed by atoms with E-state index < -0.39 is 0 Å². The van der Waals surface area contributed by atoms with Crippen molar-refractivity contribution in [3.05, 3.63) is 34.7 Å². The first-order valence-electron chi connectivity index (χ1n) is 9.42. The number of aryl methyl sites for hydroxylation is 1. The van der Waals surface area contributed by atoms with Gasteiger partial charge in [0, 0.05) is 16.6 Å². The van der Waals surface area contributed by atoms with E-state index in [0.29, 0.717) is 28.3 Å². The number of nitrogens with zero attached hydrogens (tertiary/aromatic N) is 2. The molecule has 0 bridgehead atoms. The summed E-state index contributed by atoms with van der Waals surface area (Å²) in [7, 11) is 0. The van der Waals surface area contributed by atoms with E-state index in [2.05, 4.69) is 28.5 Å². The van der Waals surface area contributed by atoms with Gasteiger partial charge in [0.05, 0.1) is 10.6 Å². The molecule has 29 heavy (non-hydrogen) atoms. The Bertz CT molecular complexity index is 1060. The minimum Gasteiger partial charge on any atom is -0.454 e. The molecule has 1 unspecified atom stereocenters. The van der Waals surface area contributed by atoms with Gasteiger partial charge >= 0.3 is 0 Å². The number of carbonyl (C=O) groups is 1. The number of fused-ring (bicyclic) bond motifs is 2. The summed E-state index contributed by atoms with van der Waals surface area (Å²) in [4.78, 5) is 14.7. The van der Waals surface area contributed by atoms with Gasteiger partial charge in [-0.05, 0) is 48.9 Å². The van der Waals surface area contributed by atoms with Crippen LogP contribution in [0.5, 0.6) is 11.5 Å². The summed E-state index contributed by atoms with van der Waals surface area (Å²) in [6.45, 7) is 2.49. The van der Waals surface area contributed by atoms with E-state index >= 15 is 0 Å². The lowest BCUT2D eigenvalue weighted by Gasteiger charge is -2.16. The van der Waals surface area contributed by atoms with Crippen molar-refractivity contribution in [3.8, 4) is 22.3 Å². The van der Waals surface area contributed by atoms with Gasteiger partial charge in [0.2, 0.25) is 12.7 Å². The average molecular weight is 430 g/mol. The lowest BCUT2D eigenvalue weighted by Crippen LogP contribution is -2.13. The van der Waals surface area contributed by atoms with E-state index in [9.17, 15) is 4.79 Å². The maximum Gasteiger partial charge on any atom is 0.277 e. The van der Waals surface area contributed by atoms with Crippen LogP contribution >= 0.6 is 23.1 Å². The van der Waals surface area contributed by atoms with Crippen LogP contribution in [0.15, 0.2) is 33.9 Å². The number of hydrogen-bond donors (Lipinski definition) is 1. The zero-order chi connectivity index (χ0) is 19.8. The molecule has 2 aliphatic rings. The molecular weight excluding hydrogens is 410 g/mol. The fourth-order valence-corrected chi connectivity index (χ4v) is 5.17. The van der Waals surface area contributed by atoms with E-state index in [0.717, 1.165) is 23.6 Å². The van der Waals surface area contributed by atoms with Crippen molar-refractivity contribution >= 4 is 34.7 Å². The molecule has 150 valence electrons. The van der Waals surface area contributed by atoms with Gasteiger partial charge in [0.15, 0.2) is 11.5 Å². The second kappa shape index (κ2) is 7.72. The summed E-state index contributed by atoms with van der Waals surface area (Å²) < 4.78 is 16.4. The molecule has 9 heteroatoms. The first-order valence-corrected chi connectivity index (χ1v) is 11.2. The number of hydrogen-bond acceptors (Lipinski definition) is 8. The Balaban J connectivity index is 1.19. The summed E-state index contributed by atoms with van der Waals surface area (Å²) in [5.74, 6) is 2.58. The number of rotatable bonds is 5. The molecule has 5 rings (SSSR count). The predicted molar refractivity (Wildman–Crippen MR) is 111 cm³/mol. The van der Waals surface area contributed by atoms with Crippen LogP contribution in [0.1, 0.15) is 23.8 Å². The first kappa shape index (κ1) is 18.5. The number of thioether (sulfide) groups is 1. The van der Waals surface area contributed by atoms with Crippen molar-refractivity contribution in [1.82, 2.24) is 10.2 Å². The molecule has 2 aromatic heterocycles. The molecule has 0 saturated heterocycles. The minimum absolute atomic E-state index is 0.158. The molecule has 1 aliphatic carbocycles. The fraction of sp³-hybridized carbons (Fsp3) is 0.350. The van der Waals surface area contributed by atoms with Crippen molar-refractivity contribution in [1.29, 1.82) is 0 Å². The van der Waals surface area contributed by atoms with Crippen molar-refractivity contribution in [2.75, 3.05) is 17.9 Å². The smallest absolute Gasteiger partial charge is 0.277 e. The van der Waals surface area contributed by atoms with Gasteiger partial charge in [-0.3, -0.25) is 4.79 Å². The van der Waals surface area contributed by atoms with Crippen LogP contribution in [-0.2, 0) is 17.6 Å². The van der Waals surface area contributed by atoms with Gasteiger partial charge in [0.25, 0.3) is 11.1 Å². The Morgan fingerprint density at radius 1 is 1.28 bits per heavy atom. The zero-order valence-electron chi connectivity index (χ0n) is 15.8. The van der Waals surface area contributed by atoms with Gasteiger partial charge in [-0.2, -0.15) is 0 Å². The highest BCUT2D eigenvalue weighted by atomic mass is 32.2. The summed E-state index contributed by atoms with van der Waals surface area (Å²) in [6.07, 6.45) is 3.47. The number of thiophene rings is 1. The fourth-order valence-electron chi connectivity index (χ4n) is 3.48. The zero-order valence-corrected chi connectivity index (χ0v) is 17.4. The summed E-state index contributed by atoms with van der Waals surface area (Å²) >= 11 is 2.95. The number of nitrogens with one attached hydrogen (secondary N) is 1. The van der Waals surface area contributed by atoms with Crippen LogP contribution in [0.25, 0.3) is 10.8 Å². The van der Waals surface area contributed by atoms with E-state index in [4.69, 9.17) is 13.9 Å². The molecule has 1 atom stereocenters. The van der Waals surface area contributed by atoms with Crippen LogP contribution in [0.2, 0.25) is 0 Å². The largest absolute Gasteiger partial charge is 0.454 e. The highest BCUT2D eigenvalue weighted by Crippen LogP contribution is 2.37. The van der Waals surface area contributed by atoms with Gasteiger partial charge in [-0.25, -0.2) is 0 Å². The summed E-state index contributed by atoms with van der Waals surface area (Å²) in [5.41, 5.74) is 2.06. The highest BCUT2D eigenvalue weighted by Gasteiger charge is 2.21. The Hall–Kier alpha value is -2.52. The molecule has 3 heterocycles. The molecule has 1 aliphatic heterocycles. The second-order valence-electron chi connectivity index (χ2n) is 7.19. The van der Waals surface area contributed by atoms with Crippen molar-refractivity contribution in [3.63, 3.8) is 0 Å². The van der Waals surface area contributed by atoms with E-state index in [1.165, 1.54) is 28.6 Å². The monoisotopic (exact) mass is 429 g/mol. The molecule has 0 fully saturated rings. The van der Waals surface area contributed by atoms with Gasteiger partial charge in [-0.15, -0.1) is 21.5 Å². The van der Waals surface area contributed by atoms with Gasteiger partial charge in [-0.1, -0.05) is 18.7 Å². The lowest BCUT2D eigenvalue weighted by atomic mass is 9.90. The van der Waals surface area contributed by atoms with Crippen LogP contribution < -0.4 is 14.8 Å². The van der Waals surface area contributed by atoms with E-state index in [1.807, 2.05) is 0 Å². The molecular formula is C20H19N3O4S2. The van der Waals surface area contributed by atoms with Crippen LogP contribution in [0.3, 0.4) is 0 Å². The molecule has 1 aromatic carbocycles. The molecule has 7 nitrogen and oxygen atoms in total. The topological polar surface area (TPSA) is 86.5 Å². The number of amides is 1. The van der Waals surface area contributed by atoms with Crippen LogP contribution in [0, 0.1) is 5.92 Å². The van der Waals surface area contributed by atoms with Crippen molar-refractivity contribution in [2.45, 2.75) is 31.4 Å². The maximum absolute atomic E-state index is 12.2. The molecule has 1 N–H and O–H groups in total. The highest BCUT2D eigenvalue weighted by molar-refractivity contribution is 7.99. The Kier molecular flexibility index (Phi) is 4.92. The Labute approximate surface area is 175 Å². The third-order valence-corrected chi connectivity index (χ3v) is 6.97. The molecule has 0 spiro atoms. The van der Waals surface area contributed by atoms with Gasteiger partial charge < -0.3 is 19.2 Å². The lowest BCUT2D eigenvalue weighted by molar-refractivity contribution is -0.113. The molecule has 0 saturated carbocycles. The average Bonchev–Trinajstić information content (AvgIpc) is 3.44. The van der Waals surface area contributed by atoms with Gasteiger partial charge in [0.1, 0.15) is 0 Å². The first-order chi connectivity index (χ1) is 14.1. The van der Waals surface area contributed by atoms with E-state index in [-0.39, 0.29) is 18.5 Å².